The van der Waals surface area contributed by atoms with Gasteiger partial charge in [0.15, 0.2) is 5.58 Å². The number of piperidine rings is 1. The summed E-state index contributed by atoms with van der Waals surface area (Å²) in [7, 11) is 0. The number of nitro groups is 1. The van der Waals surface area contributed by atoms with Gasteiger partial charge in [0.25, 0.3) is 5.69 Å². The second kappa shape index (κ2) is 5.96. The summed E-state index contributed by atoms with van der Waals surface area (Å²) in [6.07, 6.45) is 2.93. The molecule has 1 atom stereocenters. The average Bonchev–Trinajstić information content (AvgIpc) is 3.05. The zero-order valence-corrected chi connectivity index (χ0v) is 13.1. The molecule has 2 heterocycles. The fourth-order valence-electron chi connectivity index (χ4n) is 3.37. The zero-order chi connectivity index (χ0) is 16.5. The maximum absolute atomic E-state index is 11.4. The Morgan fingerprint density at radius 3 is 2.75 bits per heavy atom. The second-order valence-corrected chi connectivity index (χ2v) is 5.97. The van der Waals surface area contributed by atoms with Crippen LogP contribution in [0.2, 0.25) is 0 Å². The van der Waals surface area contributed by atoms with Crippen LogP contribution < -0.4 is 4.90 Å². The van der Waals surface area contributed by atoms with Gasteiger partial charge in [-0.25, -0.2) is 4.98 Å². The van der Waals surface area contributed by atoms with Crippen LogP contribution in [-0.2, 0) is 0 Å². The molecule has 2 aromatic carbocycles. The lowest BCUT2D eigenvalue weighted by Gasteiger charge is -2.35. The highest BCUT2D eigenvalue weighted by atomic mass is 16.6. The maximum Gasteiger partial charge on any atom is 0.292 e. The molecular formula is C18H17N3O3. The minimum Gasteiger partial charge on any atom is -0.438 e. The predicted octanol–water partition coefficient (Wildman–Crippen LogP) is 4.47. The van der Waals surface area contributed by atoms with E-state index in [1.54, 1.807) is 18.2 Å². The number of hydrogen-bond donors (Lipinski definition) is 0. The van der Waals surface area contributed by atoms with Crippen LogP contribution >= 0.6 is 0 Å². The molecule has 6 nitrogen and oxygen atoms in total. The van der Waals surface area contributed by atoms with E-state index < -0.39 is 0 Å². The average molecular weight is 323 g/mol. The number of benzene rings is 2. The minimum atomic E-state index is -0.326. The van der Waals surface area contributed by atoms with E-state index in [1.165, 1.54) is 0 Å². The third-order valence-electron chi connectivity index (χ3n) is 4.49. The molecule has 6 heteroatoms. The number of nitro benzene ring substituents is 1. The zero-order valence-electron chi connectivity index (χ0n) is 13.1. The normalized spacial score (nSPS) is 18.0. The van der Waals surface area contributed by atoms with E-state index in [4.69, 9.17) is 4.42 Å². The van der Waals surface area contributed by atoms with Crippen molar-refractivity contribution in [1.82, 2.24) is 4.98 Å². The Labute approximate surface area is 138 Å². The Morgan fingerprint density at radius 1 is 1.12 bits per heavy atom. The van der Waals surface area contributed by atoms with Crippen molar-refractivity contribution >= 4 is 22.5 Å². The Balaban J connectivity index is 1.77. The highest BCUT2D eigenvalue weighted by Crippen LogP contribution is 2.39. The van der Waals surface area contributed by atoms with Gasteiger partial charge in [0.1, 0.15) is 17.2 Å². The van der Waals surface area contributed by atoms with Gasteiger partial charge in [-0.15, -0.1) is 0 Å². The van der Waals surface area contributed by atoms with Crippen LogP contribution in [-0.4, -0.2) is 16.5 Å². The van der Waals surface area contributed by atoms with Gasteiger partial charge in [0.2, 0.25) is 5.89 Å². The Kier molecular flexibility index (Phi) is 3.65. The van der Waals surface area contributed by atoms with Gasteiger partial charge in [0, 0.05) is 12.6 Å². The molecule has 0 bridgehead atoms. The lowest BCUT2D eigenvalue weighted by molar-refractivity contribution is -0.384. The molecule has 3 aromatic rings. The van der Waals surface area contributed by atoms with Crippen LogP contribution in [0, 0.1) is 10.1 Å². The van der Waals surface area contributed by atoms with Crippen molar-refractivity contribution in [2.24, 2.45) is 0 Å². The molecule has 24 heavy (non-hydrogen) atoms. The number of anilines is 1. The molecule has 0 aliphatic carbocycles. The van der Waals surface area contributed by atoms with Crippen molar-refractivity contribution in [3.05, 3.63) is 64.5 Å². The number of aromatic nitrogens is 1. The molecule has 4 rings (SSSR count). The predicted molar refractivity (Wildman–Crippen MR) is 91.0 cm³/mol. The fourth-order valence-corrected chi connectivity index (χ4v) is 3.37. The molecule has 1 saturated heterocycles. The van der Waals surface area contributed by atoms with Crippen LogP contribution in [0.5, 0.6) is 0 Å². The number of hydrogen-bond acceptors (Lipinski definition) is 5. The molecule has 0 N–H and O–H groups in total. The lowest BCUT2D eigenvalue weighted by Crippen LogP contribution is -2.34. The van der Waals surface area contributed by atoms with E-state index in [1.807, 2.05) is 30.3 Å². The molecule has 1 aliphatic heterocycles. The standard InChI is InChI=1S/C18H17N3O3/c22-21(23)15-9-3-2-8-14(15)20-12-6-5-10-16(20)18-19-13-7-1-4-11-17(13)24-18/h1-4,7-9,11,16H,5-6,10,12H2. The van der Waals surface area contributed by atoms with Gasteiger partial charge < -0.3 is 9.32 Å². The number of fused-ring (bicyclic) bond motifs is 1. The summed E-state index contributed by atoms with van der Waals surface area (Å²) in [5.41, 5.74) is 2.33. The Bertz CT molecular complexity index is 857. The molecule has 1 unspecified atom stereocenters. The molecule has 0 amide bonds. The van der Waals surface area contributed by atoms with E-state index in [0.717, 1.165) is 36.9 Å². The van der Waals surface area contributed by atoms with Crippen molar-refractivity contribution in [3.63, 3.8) is 0 Å². The molecule has 1 aliphatic rings. The van der Waals surface area contributed by atoms with E-state index >= 15 is 0 Å². The number of oxazole rings is 1. The lowest BCUT2D eigenvalue weighted by atomic mass is 10.0. The molecule has 122 valence electrons. The van der Waals surface area contributed by atoms with Crippen LogP contribution in [0.1, 0.15) is 31.2 Å². The third-order valence-corrected chi connectivity index (χ3v) is 4.49. The van der Waals surface area contributed by atoms with Crippen LogP contribution in [0.15, 0.2) is 52.9 Å². The smallest absolute Gasteiger partial charge is 0.292 e. The molecule has 1 fully saturated rings. The van der Waals surface area contributed by atoms with Gasteiger partial charge in [0.05, 0.1) is 4.92 Å². The fraction of sp³-hybridized carbons (Fsp3) is 0.278. The van der Waals surface area contributed by atoms with Crippen LogP contribution in [0.3, 0.4) is 0 Å². The van der Waals surface area contributed by atoms with Gasteiger partial charge in [-0.2, -0.15) is 0 Å². The van der Waals surface area contributed by atoms with E-state index in [9.17, 15) is 10.1 Å². The number of para-hydroxylation sites is 4. The Hall–Kier alpha value is -2.89. The highest BCUT2D eigenvalue weighted by molar-refractivity contribution is 5.72. The SMILES string of the molecule is O=[N+]([O-])c1ccccc1N1CCCCC1c1nc2ccccc2o1. The first-order chi connectivity index (χ1) is 11.7. The summed E-state index contributed by atoms with van der Waals surface area (Å²) in [5, 5.41) is 11.4. The molecule has 0 radical (unpaired) electrons. The van der Waals surface area contributed by atoms with Gasteiger partial charge in [-0.3, -0.25) is 10.1 Å². The van der Waals surface area contributed by atoms with Crippen molar-refractivity contribution in [2.45, 2.75) is 25.3 Å². The molecule has 0 spiro atoms. The van der Waals surface area contributed by atoms with Gasteiger partial charge in [-0.05, 0) is 37.5 Å². The van der Waals surface area contributed by atoms with Crippen molar-refractivity contribution in [3.8, 4) is 0 Å². The molecular weight excluding hydrogens is 306 g/mol. The van der Waals surface area contributed by atoms with E-state index in [2.05, 4.69) is 9.88 Å². The van der Waals surface area contributed by atoms with Crippen molar-refractivity contribution < 1.29 is 9.34 Å². The first kappa shape index (κ1) is 14.7. The topological polar surface area (TPSA) is 72.4 Å². The van der Waals surface area contributed by atoms with Crippen molar-refractivity contribution in [2.75, 3.05) is 11.4 Å². The van der Waals surface area contributed by atoms with Gasteiger partial charge in [-0.1, -0.05) is 24.3 Å². The Morgan fingerprint density at radius 2 is 1.92 bits per heavy atom. The number of rotatable bonds is 3. The quantitative estimate of drug-likeness (QED) is 0.525. The largest absolute Gasteiger partial charge is 0.438 e. The van der Waals surface area contributed by atoms with Gasteiger partial charge >= 0.3 is 0 Å². The summed E-state index contributed by atoms with van der Waals surface area (Å²) in [5.74, 6) is 0.633. The number of nitrogens with zero attached hydrogens (tertiary/aromatic N) is 3. The van der Waals surface area contributed by atoms with Crippen LogP contribution in [0.4, 0.5) is 11.4 Å². The van der Waals surface area contributed by atoms with E-state index in [0.29, 0.717) is 11.6 Å². The first-order valence-electron chi connectivity index (χ1n) is 8.09. The summed E-state index contributed by atoms with van der Waals surface area (Å²) in [4.78, 5) is 17.7. The van der Waals surface area contributed by atoms with E-state index in [-0.39, 0.29) is 16.7 Å². The molecule has 1 aromatic heterocycles. The van der Waals surface area contributed by atoms with Crippen LogP contribution in [0.25, 0.3) is 11.1 Å². The first-order valence-corrected chi connectivity index (χ1v) is 8.09. The summed E-state index contributed by atoms with van der Waals surface area (Å²) >= 11 is 0. The summed E-state index contributed by atoms with van der Waals surface area (Å²) in [6, 6.07) is 14.5. The molecule has 0 saturated carbocycles. The summed E-state index contributed by atoms with van der Waals surface area (Å²) in [6.45, 7) is 0.758. The summed E-state index contributed by atoms with van der Waals surface area (Å²) < 4.78 is 5.94. The maximum atomic E-state index is 11.4. The second-order valence-electron chi connectivity index (χ2n) is 5.97. The van der Waals surface area contributed by atoms with Crippen molar-refractivity contribution in [1.29, 1.82) is 0 Å². The third kappa shape index (κ3) is 2.50. The highest BCUT2D eigenvalue weighted by Gasteiger charge is 2.31. The monoisotopic (exact) mass is 323 g/mol. The minimum absolute atomic E-state index is 0.0766.